The lowest BCUT2D eigenvalue weighted by molar-refractivity contribution is -0.485. The van der Waals surface area contributed by atoms with E-state index >= 15 is 0 Å². The van der Waals surface area contributed by atoms with Crippen LogP contribution in [-0.2, 0) is 16.0 Å². The number of rotatable bonds is 6. The first kappa shape index (κ1) is 18.6. The Kier molecular flexibility index (Phi) is 4.94. The predicted molar refractivity (Wildman–Crippen MR) is 96.5 cm³/mol. The molecule has 3 rings (SSSR count). The second-order valence-corrected chi connectivity index (χ2v) is 6.47. The first-order chi connectivity index (χ1) is 12.9. The average molecular weight is 369 g/mol. The van der Waals surface area contributed by atoms with Gasteiger partial charge >= 0.3 is 5.97 Å². The third kappa shape index (κ3) is 3.05. The van der Waals surface area contributed by atoms with Gasteiger partial charge in [-0.1, -0.05) is 30.3 Å². The van der Waals surface area contributed by atoms with E-state index in [9.17, 15) is 19.7 Å². The van der Waals surface area contributed by atoms with Crippen molar-refractivity contribution in [3.05, 3.63) is 75.3 Å². The lowest BCUT2D eigenvalue weighted by Gasteiger charge is -2.31. The van der Waals surface area contributed by atoms with Crippen molar-refractivity contribution in [2.75, 3.05) is 20.8 Å². The Morgan fingerprint density at radius 1 is 1.22 bits per heavy atom. The molecular formula is C20H19NO6. The third-order valence-corrected chi connectivity index (χ3v) is 5.11. The number of nitrogens with zero attached hydrogens (tertiary/aromatic N) is 1. The number of Topliss-reactive ketones (excluding diaryl/α,β-unsaturated/α-hetero) is 1. The Labute approximate surface area is 156 Å². The number of methoxy groups -OCH3 is 2. The minimum atomic E-state index is -1.68. The number of carbonyl (C=O) groups is 2. The maximum Gasteiger partial charge on any atom is 0.320 e. The monoisotopic (exact) mass is 369 g/mol. The van der Waals surface area contributed by atoms with E-state index in [0.717, 1.165) is 0 Å². The molecule has 0 bridgehead atoms. The van der Waals surface area contributed by atoms with Gasteiger partial charge in [-0.2, -0.15) is 0 Å². The zero-order chi connectivity index (χ0) is 19.6. The highest BCUT2D eigenvalue weighted by Gasteiger charge is 2.59. The summed E-state index contributed by atoms with van der Waals surface area (Å²) in [6, 6.07) is 13.5. The maximum atomic E-state index is 13.4. The van der Waals surface area contributed by atoms with Gasteiger partial charge in [0.05, 0.1) is 20.1 Å². The van der Waals surface area contributed by atoms with E-state index in [1.165, 1.54) is 14.2 Å². The normalized spacial score (nSPS) is 19.3. The lowest BCUT2D eigenvalue weighted by atomic mass is 9.69. The summed E-state index contributed by atoms with van der Waals surface area (Å²) < 4.78 is 10.2. The van der Waals surface area contributed by atoms with Crippen LogP contribution in [0.2, 0.25) is 0 Å². The summed E-state index contributed by atoms with van der Waals surface area (Å²) >= 11 is 0. The molecule has 0 aromatic heterocycles. The number of nitro groups is 1. The van der Waals surface area contributed by atoms with E-state index in [4.69, 9.17) is 9.47 Å². The van der Waals surface area contributed by atoms with Crippen LogP contribution in [0.3, 0.4) is 0 Å². The van der Waals surface area contributed by atoms with Crippen molar-refractivity contribution in [2.24, 2.45) is 5.41 Å². The first-order valence-electron chi connectivity index (χ1n) is 8.41. The molecule has 0 radical (unpaired) electrons. The summed E-state index contributed by atoms with van der Waals surface area (Å²) in [6.07, 6.45) is 0.0262. The molecule has 1 aliphatic rings. The molecular weight excluding hydrogens is 350 g/mol. The van der Waals surface area contributed by atoms with Crippen LogP contribution in [0.5, 0.6) is 5.75 Å². The fourth-order valence-electron chi connectivity index (χ4n) is 3.84. The molecule has 2 aromatic carbocycles. The molecule has 140 valence electrons. The predicted octanol–water partition coefficient (Wildman–Crippen LogP) is 2.65. The molecule has 0 fully saturated rings. The van der Waals surface area contributed by atoms with Crippen LogP contribution < -0.4 is 4.74 Å². The summed E-state index contributed by atoms with van der Waals surface area (Å²) in [5, 5.41) is 11.4. The molecule has 0 amide bonds. The van der Waals surface area contributed by atoms with E-state index in [1.54, 1.807) is 48.5 Å². The van der Waals surface area contributed by atoms with Gasteiger partial charge in [-0.05, 0) is 35.7 Å². The van der Waals surface area contributed by atoms with Gasteiger partial charge in [0.15, 0.2) is 5.78 Å². The Morgan fingerprint density at radius 2 is 1.93 bits per heavy atom. The molecule has 2 atom stereocenters. The van der Waals surface area contributed by atoms with Gasteiger partial charge in [0, 0.05) is 10.5 Å². The summed E-state index contributed by atoms with van der Waals surface area (Å²) in [5.41, 5.74) is -0.148. The molecule has 0 N–H and O–H groups in total. The molecule has 2 aromatic rings. The Bertz CT molecular complexity index is 895. The van der Waals surface area contributed by atoms with E-state index in [1.807, 2.05) is 0 Å². The Morgan fingerprint density at radius 3 is 2.52 bits per heavy atom. The minimum Gasteiger partial charge on any atom is -0.497 e. The van der Waals surface area contributed by atoms with Crippen LogP contribution in [-0.4, -0.2) is 37.4 Å². The van der Waals surface area contributed by atoms with E-state index in [0.29, 0.717) is 22.4 Å². The van der Waals surface area contributed by atoms with Gasteiger partial charge in [0.1, 0.15) is 11.2 Å². The molecule has 7 heteroatoms. The molecule has 0 unspecified atom stereocenters. The van der Waals surface area contributed by atoms with Crippen molar-refractivity contribution >= 4 is 11.8 Å². The molecule has 7 nitrogen and oxygen atoms in total. The Hall–Kier alpha value is -3.22. The zero-order valence-corrected chi connectivity index (χ0v) is 15.0. The van der Waals surface area contributed by atoms with Crippen molar-refractivity contribution in [3.8, 4) is 5.75 Å². The lowest BCUT2D eigenvalue weighted by Crippen LogP contribution is -2.46. The standard InChI is InChI=1S/C20H19NO6/c1-26-15-8-9-16-14(10-15)11-20(18(16)22,19(23)27-2)17(12-21(24)25)13-6-4-3-5-7-13/h3-10,17H,11-12H2,1-2H3/t17-,20+/m0/s1. The average Bonchev–Trinajstić information content (AvgIpc) is 2.98. The third-order valence-electron chi connectivity index (χ3n) is 5.11. The number of hydrogen-bond donors (Lipinski definition) is 0. The molecule has 1 aliphatic carbocycles. The number of ketones is 1. The summed E-state index contributed by atoms with van der Waals surface area (Å²) in [5.74, 6) is -1.62. The van der Waals surface area contributed by atoms with Gasteiger partial charge in [-0.15, -0.1) is 0 Å². The van der Waals surface area contributed by atoms with E-state index < -0.39 is 34.6 Å². The molecule has 0 saturated carbocycles. The number of fused-ring (bicyclic) bond motifs is 1. The minimum absolute atomic E-state index is 0.0262. The van der Waals surface area contributed by atoms with Crippen molar-refractivity contribution < 1.29 is 24.0 Å². The van der Waals surface area contributed by atoms with Gasteiger partial charge in [0.2, 0.25) is 6.54 Å². The second-order valence-electron chi connectivity index (χ2n) is 6.47. The van der Waals surface area contributed by atoms with E-state index in [-0.39, 0.29) is 6.42 Å². The van der Waals surface area contributed by atoms with Crippen molar-refractivity contribution in [1.82, 2.24) is 0 Å². The molecule has 0 heterocycles. The highest BCUT2D eigenvalue weighted by Crippen LogP contribution is 2.48. The van der Waals surface area contributed by atoms with Crippen molar-refractivity contribution in [3.63, 3.8) is 0 Å². The topological polar surface area (TPSA) is 95.7 Å². The molecule has 0 saturated heterocycles. The molecule has 0 aliphatic heterocycles. The van der Waals surface area contributed by atoms with Crippen LogP contribution in [0, 0.1) is 15.5 Å². The Balaban J connectivity index is 2.19. The second kappa shape index (κ2) is 7.19. The summed E-state index contributed by atoms with van der Waals surface area (Å²) in [7, 11) is 2.70. The number of esters is 1. The van der Waals surface area contributed by atoms with Gasteiger partial charge in [-0.25, -0.2) is 0 Å². The number of benzene rings is 2. The van der Waals surface area contributed by atoms with Gasteiger partial charge < -0.3 is 9.47 Å². The van der Waals surface area contributed by atoms with Crippen molar-refractivity contribution in [1.29, 1.82) is 0 Å². The molecule has 27 heavy (non-hydrogen) atoms. The van der Waals surface area contributed by atoms with Crippen LogP contribution in [0.4, 0.5) is 0 Å². The smallest absolute Gasteiger partial charge is 0.320 e. The van der Waals surface area contributed by atoms with Crippen LogP contribution in [0.1, 0.15) is 27.4 Å². The van der Waals surface area contributed by atoms with Crippen LogP contribution >= 0.6 is 0 Å². The maximum absolute atomic E-state index is 13.4. The highest BCUT2D eigenvalue weighted by molar-refractivity contribution is 6.17. The first-order valence-corrected chi connectivity index (χ1v) is 8.41. The largest absolute Gasteiger partial charge is 0.497 e. The summed E-state index contributed by atoms with van der Waals surface area (Å²) in [4.78, 5) is 37.1. The van der Waals surface area contributed by atoms with Crippen LogP contribution in [0.15, 0.2) is 48.5 Å². The zero-order valence-electron chi connectivity index (χ0n) is 15.0. The SMILES string of the molecule is COC(=O)[C@@]1([C@@H](C[N+](=O)[O-])c2ccccc2)Cc2cc(OC)ccc2C1=O. The fraction of sp³-hybridized carbons (Fsp3) is 0.300. The quantitative estimate of drug-likeness (QED) is 0.336. The number of carbonyl (C=O) groups excluding carboxylic acids is 2. The van der Waals surface area contributed by atoms with Gasteiger partial charge in [0.25, 0.3) is 0 Å². The fourth-order valence-corrected chi connectivity index (χ4v) is 3.84. The number of ether oxygens (including phenoxy) is 2. The molecule has 0 spiro atoms. The number of hydrogen-bond acceptors (Lipinski definition) is 6. The summed E-state index contributed by atoms with van der Waals surface area (Å²) in [6.45, 7) is -0.560. The van der Waals surface area contributed by atoms with Gasteiger partial charge in [-0.3, -0.25) is 19.7 Å². The van der Waals surface area contributed by atoms with E-state index in [2.05, 4.69) is 0 Å². The highest BCUT2D eigenvalue weighted by atomic mass is 16.6. The van der Waals surface area contributed by atoms with Crippen LogP contribution in [0.25, 0.3) is 0 Å². The van der Waals surface area contributed by atoms with Crippen molar-refractivity contribution in [2.45, 2.75) is 12.3 Å².